The number of nitrogens with two attached hydrogens (primary N) is 1. The van der Waals surface area contributed by atoms with Gasteiger partial charge in [0, 0.05) is 13.2 Å². The third-order valence-electron chi connectivity index (χ3n) is 4.05. The highest BCUT2D eigenvalue weighted by Crippen LogP contribution is 2.39. The Hall–Kier alpha value is -1.13. The first-order valence-electron chi connectivity index (χ1n) is 6.72. The molecule has 1 aliphatic rings. The fourth-order valence-corrected chi connectivity index (χ4v) is 2.75. The molecule has 1 saturated carbocycles. The Morgan fingerprint density at radius 3 is 2.58 bits per heavy atom. The Bertz CT molecular complexity index is 427. The number of hydrogen-bond acceptors (Lipinski definition) is 3. The first-order valence-corrected chi connectivity index (χ1v) is 6.72. The third kappa shape index (κ3) is 3.25. The summed E-state index contributed by atoms with van der Waals surface area (Å²) in [5.74, 6) is -0.0676. The van der Waals surface area contributed by atoms with Gasteiger partial charge in [-0.2, -0.15) is 0 Å². The van der Waals surface area contributed by atoms with E-state index in [2.05, 4.69) is 0 Å². The lowest BCUT2D eigenvalue weighted by Crippen LogP contribution is -2.45. The molecule has 0 spiro atoms. The normalized spacial score (nSPS) is 18.7. The molecule has 106 valence electrons. The summed E-state index contributed by atoms with van der Waals surface area (Å²) in [5, 5.41) is 0. The van der Waals surface area contributed by atoms with Crippen LogP contribution in [0.25, 0.3) is 0 Å². The van der Waals surface area contributed by atoms with Crippen LogP contribution in [0.1, 0.15) is 31.2 Å². The summed E-state index contributed by atoms with van der Waals surface area (Å²) in [7, 11) is 3.21. The lowest BCUT2D eigenvalue weighted by Gasteiger charge is -2.42. The topological polar surface area (TPSA) is 44.5 Å². The number of benzene rings is 1. The summed E-state index contributed by atoms with van der Waals surface area (Å²) in [6.45, 7) is 0. The van der Waals surface area contributed by atoms with E-state index >= 15 is 0 Å². The largest absolute Gasteiger partial charge is 0.494 e. The number of rotatable bonds is 6. The molecule has 2 rings (SSSR count). The van der Waals surface area contributed by atoms with Crippen LogP contribution in [-0.4, -0.2) is 25.9 Å². The van der Waals surface area contributed by atoms with Crippen molar-refractivity contribution in [1.82, 2.24) is 0 Å². The van der Waals surface area contributed by atoms with Gasteiger partial charge in [-0.15, -0.1) is 0 Å². The summed E-state index contributed by atoms with van der Waals surface area (Å²) in [5.41, 5.74) is 7.03. The Kier molecular flexibility index (Phi) is 4.42. The minimum atomic E-state index is -0.336. The van der Waals surface area contributed by atoms with Crippen LogP contribution in [0, 0.1) is 5.82 Å². The van der Waals surface area contributed by atoms with Crippen LogP contribution >= 0.6 is 0 Å². The van der Waals surface area contributed by atoms with E-state index in [1.165, 1.54) is 19.6 Å². The van der Waals surface area contributed by atoms with Gasteiger partial charge in [0.1, 0.15) is 0 Å². The maximum Gasteiger partial charge on any atom is 0.165 e. The summed E-state index contributed by atoms with van der Waals surface area (Å²) in [4.78, 5) is 0. The first kappa shape index (κ1) is 14.3. The van der Waals surface area contributed by atoms with Crippen LogP contribution < -0.4 is 10.5 Å². The van der Waals surface area contributed by atoms with Crippen molar-refractivity contribution in [3.8, 4) is 5.75 Å². The number of ether oxygens (including phenoxy) is 2. The fourth-order valence-electron chi connectivity index (χ4n) is 2.75. The van der Waals surface area contributed by atoms with Crippen LogP contribution in [0.15, 0.2) is 18.2 Å². The zero-order valence-electron chi connectivity index (χ0n) is 11.6. The summed E-state index contributed by atoms with van der Waals surface area (Å²) >= 11 is 0. The van der Waals surface area contributed by atoms with E-state index in [0.29, 0.717) is 6.42 Å². The maximum atomic E-state index is 13.6. The van der Waals surface area contributed by atoms with Gasteiger partial charge in [0.25, 0.3) is 0 Å². The Labute approximate surface area is 113 Å². The van der Waals surface area contributed by atoms with Crippen LogP contribution in [0.3, 0.4) is 0 Å². The molecule has 1 aromatic rings. The van der Waals surface area contributed by atoms with Gasteiger partial charge < -0.3 is 15.2 Å². The first-order chi connectivity index (χ1) is 9.08. The highest BCUT2D eigenvalue weighted by molar-refractivity contribution is 5.29. The minimum Gasteiger partial charge on any atom is -0.494 e. The van der Waals surface area contributed by atoms with Crippen LogP contribution in [-0.2, 0) is 11.2 Å². The standard InChI is InChI=1S/C15H22FNO2/c1-18-14-5-4-11(9-13(14)16)8-12(17)10-15(19-2)6-3-7-15/h4-5,9,12H,3,6-8,10,17H2,1-2H3. The fraction of sp³-hybridized carbons (Fsp3) is 0.600. The molecular weight excluding hydrogens is 245 g/mol. The lowest BCUT2D eigenvalue weighted by atomic mass is 9.75. The molecular formula is C15H22FNO2. The average molecular weight is 267 g/mol. The molecule has 4 heteroatoms. The van der Waals surface area contributed by atoms with Crippen molar-refractivity contribution in [2.75, 3.05) is 14.2 Å². The van der Waals surface area contributed by atoms with Gasteiger partial charge in [0.15, 0.2) is 11.6 Å². The zero-order chi connectivity index (χ0) is 13.9. The number of hydrogen-bond donors (Lipinski definition) is 1. The molecule has 0 heterocycles. The molecule has 0 radical (unpaired) electrons. The lowest BCUT2D eigenvalue weighted by molar-refractivity contribution is -0.0813. The highest BCUT2D eigenvalue weighted by atomic mass is 19.1. The van der Waals surface area contributed by atoms with Gasteiger partial charge in [0.05, 0.1) is 12.7 Å². The summed E-state index contributed by atoms with van der Waals surface area (Å²) in [6, 6.07) is 5.00. The second kappa shape index (κ2) is 5.88. The van der Waals surface area contributed by atoms with Crippen molar-refractivity contribution >= 4 is 0 Å². The number of methoxy groups -OCH3 is 2. The van der Waals surface area contributed by atoms with Crippen molar-refractivity contribution < 1.29 is 13.9 Å². The molecule has 1 atom stereocenters. The summed E-state index contributed by atoms with van der Waals surface area (Å²) < 4.78 is 24.1. The van der Waals surface area contributed by atoms with Gasteiger partial charge in [0.2, 0.25) is 0 Å². The van der Waals surface area contributed by atoms with Gasteiger partial charge in [-0.3, -0.25) is 0 Å². The predicted octanol–water partition coefficient (Wildman–Crippen LogP) is 2.66. The molecule has 1 fully saturated rings. The number of halogens is 1. The Morgan fingerprint density at radius 1 is 1.37 bits per heavy atom. The second-order valence-corrected chi connectivity index (χ2v) is 5.38. The molecule has 2 N–H and O–H groups in total. The minimum absolute atomic E-state index is 0.00644. The van der Waals surface area contributed by atoms with E-state index in [4.69, 9.17) is 15.2 Å². The molecule has 3 nitrogen and oxygen atoms in total. The Morgan fingerprint density at radius 2 is 2.11 bits per heavy atom. The van der Waals surface area contributed by atoms with E-state index in [0.717, 1.165) is 24.8 Å². The average Bonchev–Trinajstić information content (AvgIpc) is 2.34. The third-order valence-corrected chi connectivity index (χ3v) is 4.05. The SMILES string of the molecule is COc1ccc(CC(N)CC2(OC)CCC2)cc1F. The maximum absolute atomic E-state index is 13.6. The quantitative estimate of drug-likeness (QED) is 0.861. The molecule has 0 bridgehead atoms. The molecule has 1 aliphatic carbocycles. The predicted molar refractivity (Wildman–Crippen MR) is 72.8 cm³/mol. The smallest absolute Gasteiger partial charge is 0.165 e. The molecule has 1 aromatic carbocycles. The highest BCUT2D eigenvalue weighted by Gasteiger charge is 2.38. The van der Waals surface area contributed by atoms with Gasteiger partial charge >= 0.3 is 0 Å². The van der Waals surface area contributed by atoms with E-state index in [-0.39, 0.29) is 23.2 Å². The molecule has 0 amide bonds. The summed E-state index contributed by atoms with van der Waals surface area (Å²) in [6.07, 6.45) is 4.85. The van der Waals surface area contributed by atoms with Crippen molar-refractivity contribution in [3.05, 3.63) is 29.6 Å². The van der Waals surface area contributed by atoms with Crippen LogP contribution in [0.4, 0.5) is 4.39 Å². The van der Waals surface area contributed by atoms with E-state index < -0.39 is 0 Å². The monoisotopic (exact) mass is 267 g/mol. The molecule has 1 unspecified atom stereocenters. The van der Waals surface area contributed by atoms with E-state index in [9.17, 15) is 4.39 Å². The van der Waals surface area contributed by atoms with E-state index in [1.54, 1.807) is 13.2 Å². The van der Waals surface area contributed by atoms with Crippen molar-refractivity contribution in [1.29, 1.82) is 0 Å². The zero-order valence-corrected chi connectivity index (χ0v) is 11.6. The molecule has 0 saturated heterocycles. The second-order valence-electron chi connectivity index (χ2n) is 5.38. The Balaban J connectivity index is 1.95. The molecule has 0 aliphatic heterocycles. The van der Waals surface area contributed by atoms with Crippen LogP contribution in [0.2, 0.25) is 0 Å². The van der Waals surface area contributed by atoms with Gasteiger partial charge in [-0.1, -0.05) is 6.07 Å². The van der Waals surface area contributed by atoms with Crippen molar-refractivity contribution in [2.45, 2.75) is 43.7 Å². The van der Waals surface area contributed by atoms with Crippen molar-refractivity contribution in [2.24, 2.45) is 5.73 Å². The van der Waals surface area contributed by atoms with Crippen molar-refractivity contribution in [3.63, 3.8) is 0 Å². The molecule has 19 heavy (non-hydrogen) atoms. The van der Waals surface area contributed by atoms with Gasteiger partial charge in [-0.05, 0) is 49.8 Å². The van der Waals surface area contributed by atoms with E-state index in [1.807, 2.05) is 6.07 Å². The van der Waals surface area contributed by atoms with Gasteiger partial charge in [-0.25, -0.2) is 4.39 Å². The van der Waals surface area contributed by atoms with Crippen LogP contribution in [0.5, 0.6) is 5.75 Å². The molecule has 0 aromatic heterocycles.